The first-order chi connectivity index (χ1) is 6.96. The van der Waals surface area contributed by atoms with Gasteiger partial charge in [-0.2, -0.15) is 30.7 Å². The number of carboxylic acids is 1. The molecule has 0 aromatic carbocycles. The molecule has 3 nitrogen and oxygen atoms in total. The SMILES string of the molecule is O=C(O)C(F)(F)C(F)(F)C(=O)C(F)=C(F)F. The van der Waals surface area contributed by atoms with Gasteiger partial charge >= 0.3 is 23.9 Å². The molecule has 0 aliphatic rings. The lowest BCUT2D eigenvalue weighted by Crippen LogP contribution is -2.52. The highest BCUT2D eigenvalue weighted by molar-refractivity contribution is 6.03. The van der Waals surface area contributed by atoms with E-state index >= 15 is 0 Å². The predicted octanol–water partition coefficient (Wildman–Crippen LogP) is 1.99. The van der Waals surface area contributed by atoms with Crippen LogP contribution in [0.1, 0.15) is 0 Å². The van der Waals surface area contributed by atoms with Gasteiger partial charge in [0.25, 0.3) is 5.78 Å². The van der Waals surface area contributed by atoms with Gasteiger partial charge in [0.05, 0.1) is 0 Å². The van der Waals surface area contributed by atoms with Crippen LogP contribution in [0, 0.1) is 0 Å². The first kappa shape index (κ1) is 14.4. The zero-order valence-electron chi connectivity index (χ0n) is 6.91. The third-order valence-electron chi connectivity index (χ3n) is 1.31. The fourth-order valence-corrected chi connectivity index (χ4v) is 0.501. The third-order valence-corrected chi connectivity index (χ3v) is 1.31. The molecule has 0 bridgehead atoms. The van der Waals surface area contributed by atoms with Crippen LogP contribution in [-0.2, 0) is 9.59 Å². The maximum Gasteiger partial charge on any atom is 0.412 e. The van der Waals surface area contributed by atoms with Gasteiger partial charge < -0.3 is 5.11 Å². The molecule has 0 fully saturated rings. The lowest BCUT2D eigenvalue weighted by molar-refractivity contribution is -0.220. The number of aliphatic carboxylic acids is 1. The van der Waals surface area contributed by atoms with Crippen LogP contribution < -0.4 is 0 Å². The van der Waals surface area contributed by atoms with Crippen molar-refractivity contribution in [1.29, 1.82) is 0 Å². The monoisotopic (exact) mass is 254 g/mol. The van der Waals surface area contributed by atoms with Gasteiger partial charge in [0.1, 0.15) is 0 Å². The van der Waals surface area contributed by atoms with Crippen molar-refractivity contribution in [3.63, 3.8) is 0 Å². The summed E-state index contributed by atoms with van der Waals surface area (Å²) in [6.45, 7) is 0. The maximum absolute atomic E-state index is 12.4. The van der Waals surface area contributed by atoms with Crippen molar-refractivity contribution in [2.75, 3.05) is 0 Å². The van der Waals surface area contributed by atoms with Crippen molar-refractivity contribution in [3.05, 3.63) is 11.9 Å². The van der Waals surface area contributed by atoms with Crippen molar-refractivity contribution in [3.8, 4) is 0 Å². The molecule has 0 aromatic heterocycles. The Morgan fingerprint density at radius 3 is 1.50 bits per heavy atom. The predicted molar refractivity (Wildman–Crippen MR) is 32.9 cm³/mol. The van der Waals surface area contributed by atoms with E-state index in [1.807, 2.05) is 0 Å². The van der Waals surface area contributed by atoms with Gasteiger partial charge in [0.2, 0.25) is 5.83 Å². The first-order valence-corrected chi connectivity index (χ1v) is 3.20. The summed E-state index contributed by atoms with van der Waals surface area (Å²) in [6, 6.07) is 0. The van der Waals surface area contributed by atoms with Crippen molar-refractivity contribution in [1.82, 2.24) is 0 Å². The molecular formula is C6HF7O3. The van der Waals surface area contributed by atoms with E-state index < -0.39 is 35.5 Å². The number of Topliss-reactive ketones (excluding diaryl/α,β-unsaturated/α-hetero) is 1. The molecule has 0 saturated carbocycles. The van der Waals surface area contributed by atoms with E-state index in [0.717, 1.165) is 0 Å². The van der Waals surface area contributed by atoms with Gasteiger partial charge in [-0.15, -0.1) is 0 Å². The summed E-state index contributed by atoms with van der Waals surface area (Å²) < 4.78 is 83.8. The Hall–Kier alpha value is -1.61. The normalized spacial score (nSPS) is 12.2. The van der Waals surface area contributed by atoms with E-state index in [1.165, 1.54) is 0 Å². The zero-order chi connectivity index (χ0) is 13.3. The molecular weight excluding hydrogens is 253 g/mol. The van der Waals surface area contributed by atoms with Crippen LogP contribution in [0.15, 0.2) is 11.9 Å². The van der Waals surface area contributed by atoms with E-state index in [2.05, 4.69) is 0 Å². The van der Waals surface area contributed by atoms with E-state index in [0.29, 0.717) is 0 Å². The second-order valence-electron chi connectivity index (χ2n) is 2.36. The molecule has 0 saturated heterocycles. The third kappa shape index (κ3) is 2.14. The lowest BCUT2D eigenvalue weighted by Gasteiger charge is -2.20. The minimum absolute atomic E-state index is 3.41. The Morgan fingerprint density at radius 1 is 0.875 bits per heavy atom. The molecule has 1 N–H and O–H groups in total. The minimum atomic E-state index is -6.10. The molecule has 0 rings (SSSR count). The molecule has 0 radical (unpaired) electrons. The van der Waals surface area contributed by atoms with Gasteiger partial charge in [-0.05, 0) is 0 Å². The number of carboxylic acid groups (broad SMARTS) is 1. The van der Waals surface area contributed by atoms with Crippen LogP contribution in [0.3, 0.4) is 0 Å². The number of alkyl halides is 4. The highest BCUT2D eigenvalue weighted by Crippen LogP contribution is 2.37. The molecule has 0 heterocycles. The topological polar surface area (TPSA) is 54.4 Å². The van der Waals surface area contributed by atoms with Crippen molar-refractivity contribution < 1.29 is 45.4 Å². The Kier molecular flexibility index (Phi) is 3.69. The second kappa shape index (κ2) is 4.10. The highest BCUT2D eigenvalue weighted by Gasteiger charge is 2.68. The molecule has 0 spiro atoms. The van der Waals surface area contributed by atoms with Crippen LogP contribution in [0.4, 0.5) is 30.7 Å². The van der Waals surface area contributed by atoms with Gasteiger partial charge in [0, 0.05) is 0 Å². The number of hydrogen-bond acceptors (Lipinski definition) is 2. The van der Waals surface area contributed by atoms with Crippen molar-refractivity contribution >= 4 is 11.8 Å². The van der Waals surface area contributed by atoms with Crippen molar-refractivity contribution in [2.24, 2.45) is 0 Å². The maximum atomic E-state index is 12.4. The van der Waals surface area contributed by atoms with Gasteiger partial charge in [-0.25, -0.2) is 4.79 Å². The summed E-state index contributed by atoms with van der Waals surface area (Å²) >= 11 is 0. The van der Waals surface area contributed by atoms with E-state index in [9.17, 15) is 40.3 Å². The van der Waals surface area contributed by atoms with Crippen LogP contribution in [0.25, 0.3) is 0 Å². The summed E-state index contributed by atoms with van der Waals surface area (Å²) in [7, 11) is 0. The average molecular weight is 254 g/mol. The number of rotatable bonds is 4. The van der Waals surface area contributed by atoms with Crippen LogP contribution in [0.2, 0.25) is 0 Å². The molecule has 0 amide bonds. The Labute approximate surface area is 82.2 Å². The number of ketones is 1. The molecule has 92 valence electrons. The van der Waals surface area contributed by atoms with E-state index in [4.69, 9.17) is 5.11 Å². The molecule has 0 atom stereocenters. The zero-order valence-corrected chi connectivity index (χ0v) is 6.91. The van der Waals surface area contributed by atoms with Crippen molar-refractivity contribution in [2.45, 2.75) is 11.8 Å². The van der Waals surface area contributed by atoms with Gasteiger partial charge in [-0.3, -0.25) is 4.79 Å². The number of carbonyl (C=O) groups excluding carboxylic acids is 1. The number of hydrogen-bond donors (Lipinski definition) is 1. The summed E-state index contributed by atoms with van der Waals surface area (Å²) in [5.41, 5.74) is 0. The Morgan fingerprint density at radius 2 is 1.25 bits per heavy atom. The van der Waals surface area contributed by atoms with E-state index in [1.54, 1.807) is 0 Å². The average Bonchev–Trinajstić information content (AvgIpc) is 2.14. The number of allylic oxidation sites excluding steroid dienone is 1. The lowest BCUT2D eigenvalue weighted by atomic mass is 10.1. The Balaban J connectivity index is 5.48. The van der Waals surface area contributed by atoms with Crippen LogP contribution in [-0.4, -0.2) is 28.7 Å². The number of halogens is 7. The summed E-state index contributed by atoms with van der Waals surface area (Å²) in [6.07, 6.45) is -3.55. The summed E-state index contributed by atoms with van der Waals surface area (Å²) in [4.78, 5) is 19.8. The van der Waals surface area contributed by atoms with E-state index in [-0.39, 0.29) is 0 Å². The molecule has 0 aliphatic carbocycles. The van der Waals surface area contributed by atoms with Crippen LogP contribution >= 0.6 is 0 Å². The largest absolute Gasteiger partial charge is 0.477 e. The molecule has 0 aliphatic heterocycles. The molecule has 0 aromatic rings. The Bertz CT molecular complexity index is 355. The second-order valence-corrected chi connectivity index (χ2v) is 2.36. The molecule has 16 heavy (non-hydrogen) atoms. The fraction of sp³-hybridized carbons (Fsp3) is 0.333. The minimum Gasteiger partial charge on any atom is -0.477 e. The quantitative estimate of drug-likeness (QED) is 0.616. The highest BCUT2D eigenvalue weighted by atomic mass is 19.3. The van der Waals surface area contributed by atoms with Crippen LogP contribution in [0.5, 0.6) is 0 Å². The van der Waals surface area contributed by atoms with Gasteiger partial charge in [-0.1, -0.05) is 0 Å². The summed E-state index contributed by atoms with van der Waals surface area (Å²) in [5.74, 6) is -22.5. The fourth-order valence-electron chi connectivity index (χ4n) is 0.501. The standard InChI is InChI=1S/C6HF7O3/c7-1(3(8)9)2(14)5(10,11)6(12,13)4(15)16/h(H,15,16). The van der Waals surface area contributed by atoms with Gasteiger partial charge in [0.15, 0.2) is 0 Å². The smallest absolute Gasteiger partial charge is 0.412 e. The molecule has 10 heteroatoms. The molecule has 0 unspecified atom stereocenters. The summed E-state index contributed by atoms with van der Waals surface area (Å²) in [5, 5.41) is 7.64. The first-order valence-electron chi connectivity index (χ1n) is 3.20. The number of carbonyl (C=O) groups is 2.